The molecule has 1 aromatic rings. The third-order valence-electron chi connectivity index (χ3n) is 0.870. The quantitative estimate of drug-likeness (QED) is 0.624. The molecule has 0 amide bonds. The van der Waals surface area contributed by atoms with Crippen LogP contribution in [0.4, 0.5) is 4.39 Å². The summed E-state index contributed by atoms with van der Waals surface area (Å²) in [5, 5.41) is 0. The van der Waals surface area contributed by atoms with Crippen LogP contribution in [0.15, 0.2) is 24.3 Å². The summed E-state index contributed by atoms with van der Waals surface area (Å²) in [5.74, 6) is -0.150. The van der Waals surface area contributed by atoms with Gasteiger partial charge in [-0.3, -0.25) is 0 Å². The Morgan fingerprint density at radius 1 is 1.08 bits per heavy atom. The van der Waals surface area contributed by atoms with Crippen LogP contribution in [-0.2, 0) is 0 Å². The minimum atomic E-state index is -0.150. The van der Waals surface area contributed by atoms with Crippen LogP contribution in [0.25, 0.3) is 0 Å². The minimum absolute atomic E-state index is 0.150. The molecule has 0 aliphatic carbocycles. The summed E-state index contributed by atoms with van der Waals surface area (Å²) in [7, 11) is 6.00. The van der Waals surface area contributed by atoms with E-state index in [0.29, 0.717) is 0 Å². The Kier molecular flexibility index (Phi) is 6.38. The molecule has 0 unspecified atom stereocenters. The van der Waals surface area contributed by atoms with Gasteiger partial charge in [-0.05, 0) is 21.1 Å². The molecule has 1 rings (SSSR count). The van der Waals surface area contributed by atoms with Crippen molar-refractivity contribution in [1.82, 2.24) is 4.90 Å². The molecule has 0 fully saturated rings. The molecule has 0 saturated carbocycles. The maximum absolute atomic E-state index is 12.1. The van der Waals surface area contributed by atoms with Crippen molar-refractivity contribution in [3.63, 3.8) is 0 Å². The molecule has 1 aromatic carbocycles. The summed E-state index contributed by atoms with van der Waals surface area (Å²) in [4.78, 5) is 2.00. The summed E-state index contributed by atoms with van der Waals surface area (Å²) >= 11 is 1.06. The Hall–Kier alpha value is -0.0913. The third kappa shape index (κ3) is 8.01. The second-order valence-electron chi connectivity index (χ2n) is 2.89. The number of halogens is 1. The van der Waals surface area contributed by atoms with E-state index in [-0.39, 0.29) is 5.82 Å². The number of rotatable bonds is 0. The Balaban J connectivity index is 0.000000261. The Morgan fingerprint density at radius 3 is 1.67 bits per heavy atom. The molecule has 0 N–H and O–H groups in total. The number of nitrogens with zero attached hydrogens (tertiary/aromatic N) is 1. The molecule has 0 bridgehead atoms. The molecule has 0 aliphatic rings. The topological polar surface area (TPSA) is 3.24 Å². The fourth-order valence-corrected chi connectivity index (χ4v) is 1.01. The first-order valence-electron chi connectivity index (χ1n) is 3.64. The summed E-state index contributed by atoms with van der Waals surface area (Å²) < 4.78 is 13.3. The molecule has 1 nitrogen and oxygen atoms in total. The molecule has 66 valence electrons. The van der Waals surface area contributed by atoms with E-state index in [1.807, 2.05) is 26.0 Å². The van der Waals surface area contributed by atoms with E-state index in [1.165, 1.54) is 15.7 Å². The molecule has 12 heavy (non-hydrogen) atoms. The SMILES string of the molecule is CN(C)C.Fc1cc[c]([SnH])cc1. The van der Waals surface area contributed by atoms with Crippen molar-refractivity contribution >= 4 is 26.1 Å². The van der Waals surface area contributed by atoms with E-state index >= 15 is 0 Å². The van der Waals surface area contributed by atoms with Crippen molar-refractivity contribution in [2.75, 3.05) is 21.1 Å². The van der Waals surface area contributed by atoms with Crippen LogP contribution in [0.2, 0.25) is 0 Å². The van der Waals surface area contributed by atoms with Gasteiger partial charge in [0.05, 0.1) is 0 Å². The zero-order valence-corrected chi connectivity index (χ0v) is 11.0. The van der Waals surface area contributed by atoms with Crippen LogP contribution in [0.5, 0.6) is 0 Å². The van der Waals surface area contributed by atoms with Gasteiger partial charge in [0, 0.05) is 0 Å². The molecule has 0 aliphatic heterocycles. The summed E-state index contributed by atoms with van der Waals surface area (Å²) in [6, 6.07) is 6.58. The first-order chi connectivity index (χ1) is 5.52. The molecule has 0 spiro atoms. The fraction of sp³-hybridized carbons (Fsp3) is 0.333. The molecular formula is C9H14FNSn. The Morgan fingerprint density at radius 2 is 1.42 bits per heavy atom. The molecule has 0 aromatic heterocycles. The van der Waals surface area contributed by atoms with Crippen LogP contribution >= 0.6 is 0 Å². The van der Waals surface area contributed by atoms with Gasteiger partial charge < -0.3 is 4.90 Å². The fourth-order valence-electron chi connectivity index (χ4n) is 0.463. The average Bonchev–Trinajstić information content (AvgIpc) is 1.94. The molecule has 3 heteroatoms. The number of benzene rings is 1. The zero-order valence-electron chi connectivity index (χ0n) is 7.71. The molecular weight excluding hydrogens is 260 g/mol. The van der Waals surface area contributed by atoms with Crippen molar-refractivity contribution in [1.29, 1.82) is 0 Å². The monoisotopic (exact) mass is 275 g/mol. The third-order valence-corrected chi connectivity index (χ3v) is 1.97. The molecule has 0 saturated heterocycles. The van der Waals surface area contributed by atoms with Crippen LogP contribution in [0, 0.1) is 5.82 Å². The van der Waals surface area contributed by atoms with Gasteiger partial charge in [-0.1, -0.05) is 0 Å². The van der Waals surface area contributed by atoms with Gasteiger partial charge in [-0.2, -0.15) is 0 Å². The van der Waals surface area contributed by atoms with Crippen molar-refractivity contribution < 1.29 is 4.39 Å². The maximum atomic E-state index is 12.1. The van der Waals surface area contributed by atoms with E-state index in [2.05, 4.69) is 0 Å². The van der Waals surface area contributed by atoms with Crippen LogP contribution in [0.1, 0.15) is 0 Å². The van der Waals surface area contributed by atoms with Crippen molar-refractivity contribution in [2.24, 2.45) is 0 Å². The summed E-state index contributed by atoms with van der Waals surface area (Å²) in [6.07, 6.45) is 0. The molecule has 0 atom stereocenters. The Bertz CT molecular complexity index is 185. The van der Waals surface area contributed by atoms with Crippen molar-refractivity contribution in [3.8, 4) is 0 Å². The first-order valence-corrected chi connectivity index (χ1v) is 5.29. The molecule has 0 heterocycles. The van der Waals surface area contributed by atoms with Gasteiger partial charge in [-0.25, -0.2) is 0 Å². The van der Waals surface area contributed by atoms with Gasteiger partial charge in [-0.15, -0.1) is 0 Å². The number of hydrogen-bond donors (Lipinski definition) is 0. The van der Waals surface area contributed by atoms with Crippen LogP contribution < -0.4 is 3.58 Å². The average molecular weight is 274 g/mol. The van der Waals surface area contributed by atoms with E-state index in [0.717, 1.165) is 22.5 Å². The predicted octanol–water partition coefficient (Wildman–Crippen LogP) is 0.530. The van der Waals surface area contributed by atoms with Gasteiger partial charge in [0.2, 0.25) is 0 Å². The van der Waals surface area contributed by atoms with Gasteiger partial charge >= 0.3 is 60.6 Å². The second kappa shape index (κ2) is 6.43. The van der Waals surface area contributed by atoms with Gasteiger partial charge in [0.25, 0.3) is 0 Å². The molecule has 2 radical (unpaired) electrons. The van der Waals surface area contributed by atoms with Gasteiger partial charge in [0.1, 0.15) is 0 Å². The first kappa shape index (κ1) is 11.9. The Labute approximate surface area is 86.7 Å². The summed E-state index contributed by atoms with van der Waals surface area (Å²) in [5.41, 5.74) is 0. The normalized spacial score (nSPS) is 9.17. The van der Waals surface area contributed by atoms with E-state index in [9.17, 15) is 4.39 Å². The standard InChI is InChI=1S/C6H4F.C3H9N.Sn.H/c7-6-4-2-1-3-5-6;1-4(2)3;;/h2-5H;1-3H3;;. The number of hydrogen-bond acceptors (Lipinski definition) is 1. The van der Waals surface area contributed by atoms with Crippen molar-refractivity contribution in [2.45, 2.75) is 0 Å². The van der Waals surface area contributed by atoms with Crippen LogP contribution in [0.3, 0.4) is 0 Å². The predicted molar refractivity (Wildman–Crippen MR) is 52.8 cm³/mol. The van der Waals surface area contributed by atoms with E-state index in [4.69, 9.17) is 0 Å². The summed E-state index contributed by atoms with van der Waals surface area (Å²) in [6.45, 7) is 0. The van der Waals surface area contributed by atoms with Gasteiger partial charge in [0.15, 0.2) is 0 Å². The van der Waals surface area contributed by atoms with E-state index in [1.54, 1.807) is 12.1 Å². The van der Waals surface area contributed by atoms with Crippen molar-refractivity contribution in [3.05, 3.63) is 30.1 Å². The zero-order chi connectivity index (χ0) is 9.56. The second-order valence-corrected chi connectivity index (χ2v) is 4.80. The van der Waals surface area contributed by atoms with E-state index < -0.39 is 0 Å². The van der Waals surface area contributed by atoms with Crippen LogP contribution in [-0.4, -0.2) is 48.6 Å².